The van der Waals surface area contributed by atoms with E-state index in [9.17, 15) is 9.59 Å². The number of thiophene rings is 1. The second kappa shape index (κ2) is 9.50. The number of carbonyl (C=O) groups excluding carboxylic acids is 2. The largest absolute Gasteiger partial charge is 0.466 e. The van der Waals surface area contributed by atoms with E-state index in [4.69, 9.17) is 4.74 Å². The Morgan fingerprint density at radius 3 is 2.83 bits per heavy atom. The number of amides is 1. The Morgan fingerprint density at radius 2 is 2.17 bits per heavy atom. The molecule has 0 saturated heterocycles. The summed E-state index contributed by atoms with van der Waals surface area (Å²) in [6.45, 7) is 3.26. The number of esters is 1. The zero-order valence-electron chi connectivity index (χ0n) is 13.8. The van der Waals surface area contributed by atoms with Crippen LogP contribution in [-0.2, 0) is 9.53 Å². The van der Waals surface area contributed by atoms with Crippen LogP contribution in [0.4, 0.5) is 0 Å². The van der Waals surface area contributed by atoms with Crippen LogP contribution >= 0.6 is 11.3 Å². The topological polar surface area (TPSA) is 46.6 Å². The molecule has 0 atom stereocenters. The van der Waals surface area contributed by atoms with Gasteiger partial charge in [-0.25, -0.2) is 0 Å². The van der Waals surface area contributed by atoms with Crippen molar-refractivity contribution in [1.82, 2.24) is 4.90 Å². The Bertz CT molecular complexity index is 536. The molecule has 5 heteroatoms. The minimum atomic E-state index is -0.242. The SMILES string of the molecule is CCOC(=O)CCN(CCC1=CCCCC1)C(=O)c1cccs1. The van der Waals surface area contributed by atoms with Gasteiger partial charge in [0, 0.05) is 13.1 Å². The maximum Gasteiger partial charge on any atom is 0.307 e. The molecule has 1 aromatic heterocycles. The number of nitrogens with zero attached hydrogens (tertiary/aromatic N) is 1. The molecule has 1 aliphatic rings. The lowest BCUT2D eigenvalue weighted by molar-refractivity contribution is -0.143. The Morgan fingerprint density at radius 1 is 1.30 bits per heavy atom. The molecule has 0 saturated carbocycles. The van der Waals surface area contributed by atoms with Crippen molar-refractivity contribution in [1.29, 1.82) is 0 Å². The van der Waals surface area contributed by atoms with Gasteiger partial charge in [0.15, 0.2) is 0 Å². The average molecular weight is 335 g/mol. The van der Waals surface area contributed by atoms with Crippen LogP contribution < -0.4 is 0 Å². The Hall–Kier alpha value is -1.62. The molecule has 0 spiro atoms. The van der Waals surface area contributed by atoms with Crippen molar-refractivity contribution >= 4 is 23.2 Å². The molecule has 126 valence electrons. The fourth-order valence-corrected chi connectivity index (χ4v) is 3.43. The van der Waals surface area contributed by atoms with Crippen molar-refractivity contribution in [3.8, 4) is 0 Å². The van der Waals surface area contributed by atoms with E-state index in [1.807, 2.05) is 17.5 Å². The molecule has 0 unspecified atom stereocenters. The number of carbonyl (C=O) groups is 2. The third kappa shape index (κ3) is 5.82. The van der Waals surface area contributed by atoms with Gasteiger partial charge in [-0.3, -0.25) is 9.59 Å². The molecule has 1 aliphatic carbocycles. The smallest absolute Gasteiger partial charge is 0.307 e. The van der Waals surface area contributed by atoms with E-state index in [0.29, 0.717) is 19.7 Å². The van der Waals surface area contributed by atoms with Gasteiger partial charge in [-0.1, -0.05) is 17.7 Å². The highest BCUT2D eigenvalue weighted by Gasteiger charge is 2.18. The number of hydrogen-bond donors (Lipinski definition) is 0. The van der Waals surface area contributed by atoms with Gasteiger partial charge in [0.1, 0.15) is 0 Å². The van der Waals surface area contributed by atoms with Crippen molar-refractivity contribution in [3.05, 3.63) is 34.0 Å². The van der Waals surface area contributed by atoms with Crippen LogP contribution in [0, 0.1) is 0 Å². The molecule has 1 heterocycles. The summed E-state index contributed by atoms with van der Waals surface area (Å²) in [5.74, 6) is -0.228. The van der Waals surface area contributed by atoms with Gasteiger partial charge in [0.05, 0.1) is 17.9 Å². The number of ether oxygens (including phenoxy) is 1. The van der Waals surface area contributed by atoms with Gasteiger partial charge in [-0.15, -0.1) is 11.3 Å². The van der Waals surface area contributed by atoms with Gasteiger partial charge < -0.3 is 9.64 Å². The first-order valence-corrected chi connectivity index (χ1v) is 9.25. The van der Waals surface area contributed by atoms with Crippen molar-refractivity contribution in [2.45, 2.75) is 45.4 Å². The normalized spacial score (nSPS) is 14.2. The minimum absolute atomic E-state index is 0.0145. The van der Waals surface area contributed by atoms with Crippen LogP contribution in [-0.4, -0.2) is 36.5 Å². The van der Waals surface area contributed by atoms with Crippen LogP contribution in [0.1, 0.15) is 55.1 Å². The van der Waals surface area contributed by atoms with Crippen molar-refractivity contribution in [3.63, 3.8) is 0 Å². The monoisotopic (exact) mass is 335 g/mol. The van der Waals surface area contributed by atoms with Crippen LogP contribution in [0.25, 0.3) is 0 Å². The minimum Gasteiger partial charge on any atom is -0.466 e. The summed E-state index contributed by atoms with van der Waals surface area (Å²) < 4.78 is 4.97. The quantitative estimate of drug-likeness (QED) is 0.532. The predicted molar refractivity (Wildman–Crippen MR) is 92.6 cm³/mol. The van der Waals surface area contributed by atoms with Crippen LogP contribution in [0.2, 0.25) is 0 Å². The number of rotatable bonds is 8. The molecular formula is C18H25NO3S. The third-order valence-corrected chi connectivity index (χ3v) is 4.86. The molecule has 4 nitrogen and oxygen atoms in total. The van der Waals surface area contributed by atoms with E-state index in [2.05, 4.69) is 6.08 Å². The van der Waals surface area contributed by atoms with Crippen molar-refractivity contribution in [2.75, 3.05) is 19.7 Å². The van der Waals surface area contributed by atoms with Gasteiger partial charge in [0.2, 0.25) is 0 Å². The summed E-state index contributed by atoms with van der Waals surface area (Å²) in [6, 6.07) is 3.72. The highest BCUT2D eigenvalue weighted by Crippen LogP contribution is 2.21. The van der Waals surface area contributed by atoms with Gasteiger partial charge >= 0.3 is 5.97 Å². The fraction of sp³-hybridized carbons (Fsp3) is 0.556. The van der Waals surface area contributed by atoms with Crippen LogP contribution in [0.15, 0.2) is 29.2 Å². The second-order valence-electron chi connectivity index (χ2n) is 5.68. The predicted octanol–water partition coefficient (Wildman–Crippen LogP) is 4.03. The lowest BCUT2D eigenvalue weighted by Gasteiger charge is -2.23. The first-order chi connectivity index (χ1) is 11.2. The van der Waals surface area contributed by atoms with E-state index in [1.54, 1.807) is 11.8 Å². The molecule has 0 aliphatic heterocycles. The summed E-state index contributed by atoms with van der Waals surface area (Å²) in [6.07, 6.45) is 8.26. The van der Waals surface area contributed by atoms with Crippen LogP contribution in [0.5, 0.6) is 0 Å². The lowest BCUT2D eigenvalue weighted by atomic mass is 9.97. The van der Waals surface area contributed by atoms with E-state index in [-0.39, 0.29) is 18.3 Å². The number of allylic oxidation sites excluding steroid dienone is 1. The Balaban J connectivity index is 1.94. The molecule has 23 heavy (non-hydrogen) atoms. The standard InChI is InChI=1S/C18H25NO3S/c1-2-22-17(20)11-13-19(18(21)16-9-6-14-23-16)12-10-15-7-4-3-5-8-15/h6-7,9,14H,2-5,8,10-13H2,1H3. The first kappa shape index (κ1) is 17.7. The Labute approximate surface area is 142 Å². The summed E-state index contributed by atoms with van der Waals surface area (Å²) in [4.78, 5) is 26.7. The van der Waals surface area contributed by atoms with Crippen LogP contribution in [0.3, 0.4) is 0 Å². The van der Waals surface area contributed by atoms with Gasteiger partial charge in [0.25, 0.3) is 5.91 Å². The van der Waals surface area contributed by atoms with E-state index in [0.717, 1.165) is 24.1 Å². The van der Waals surface area contributed by atoms with Crippen molar-refractivity contribution < 1.29 is 14.3 Å². The van der Waals surface area contributed by atoms with Gasteiger partial charge in [-0.2, -0.15) is 0 Å². The molecular weight excluding hydrogens is 310 g/mol. The number of hydrogen-bond acceptors (Lipinski definition) is 4. The third-order valence-electron chi connectivity index (χ3n) is 4.00. The maximum atomic E-state index is 12.6. The summed E-state index contributed by atoms with van der Waals surface area (Å²) in [5, 5.41) is 1.90. The van der Waals surface area contributed by atoms with E-state index >= 15 is 0 Å². The van der Waals surface area contributed by atoms with Gasteiger partial charge in [-0.05, 0) is 50.5 Å². The summed E-state index contributed by atoms with van der Waals surface area (Å²) in [5.41, 5.74) is 1.44. The molecule has 0 N–H and O–H groups in total. The highest BCUT2D eigenvalue weighted by molar-refractivity contribution is 7.12. The van der Waals surface area contributed by atoms with Crippen molar-refractivity contribution in [2.24, 2.45) is 0 Å². The molecule has 0 radical (unpaired) electrons. The Kier molecular flexibility index (Phi) is 7.33. The fourth-order valence-electron chi connectivity index (χ4n) is 2.74. The summed E-state index contributed by atoms with van der Waals surface area (Å²) in [7, 11) is 0. The summed E-state index contributed by atoms with van der Waals surface area (Å²) >= 11 is 1.44. The average Bonchev–Trinajstić information content (AvgIpc) is 3.10. The molecule has 0 bridgehead atoms. The molecule has 2 rings (SSSR count). The molecule has 0 fully saturated rings. The zero-order chi connectivity index (χ0) is 16.5. The van der Waals surface area contributed by atoms with E-state index in [1.165, 1.54) is 29.8 Å². The maximum absolute atomic E-state index is 12.6. The lowest BCUT2D eigenvalue weighted by Crippen LogP contribution is -2.34. The highest BCUT2D eigenvalue weighted by atomic mass is 32.1. The first-order valence-electron chi connectivity index (χ1n) is 8.37. The molecule has 0 aromatic carbocycles. The second-order valence-corrected chi connectivity index (χ2v) is 6.63. The molecule has 1 amide bonds. The molecule has 1 aromatic rings. The zero-order valence-corrected chi connectivity index (χ0v) is 14.6. The van der Waals surface area contributed by atoms with E-state index < -0.39 is 0 Å².